The maximum absolute atomic E-state index is 10.8. The fourth-order valence-corrected chi connectivity index (χ4v) is 6.28. The second-order valence-corrected chi connectivity index (χ2v) is 11.2. The minimum atomic E-state index is -0.996. The van der Waals surface area contributed by atoms with Gasteiger partial charge in [-0.25, -0.2) is 4.79 Å². The Labute approximate surface area is 239 Å². The van der Waals surface area contributed by atoms with Gasteiger partial charge < -0.3 is 23.9 Å². The average molecular weight is 561 g/mol. The second kappa shape index (κ2) is 13.3. The lowest BCUT2D eigenvalue weighted by molar-refractivity contribution is -0.139. The lowest BCUT2D eigenvalue weighted by atomic mass is 10.0. The van der Waals surface area contributed by atoms with Gasteiger partial charge in [-0.2, -0.15) is 0 Å². The van der Waals surface area contributed by atoms with Crippen molar-refractivity contribution < 1.29 is 23.8 Å². The first-order chi connectivity index (χ1) is 19.5. The molecule has 40 heavy (non-hydrogen) atoms. The summed E-state index contributed by atoms with van der Waals surface area (Å²) in [6.07, 6.45) is 2.86. The van der Waals surface area contributed by atoms with Crippen molar-refractivity contribution in [3.8, 4) is 22.6 Å². The van der Waals surface area contributed by atoms with Crippen molar-refractivity contribution in [2.24, 2.45) is 0 Å². The molecule has 210 valence electrons. The summed E-state index contributed by atoms with van der Waals surface area (Å²) >= 11 is 1.76. The van der Waals surface area contributed by atoms with Crippen LogP contribution in [0.15, 0.2) is 76.2 Å². The number of aryl methyl sites for hydroxylation is 1. The van der Waals surface area contributed by atoms with E-state index in [1.54, 1.807) is 24.9 Å². The maximum atomic E-state index is 10.8. The van der Waals surface area contributed by atoms with Crippen LogP contribution in [0.4, 0.5) is 0 Å². The zero-order chi connectivity index (χ0) is 27.9. The first kappa shape index (κ1) is 28.1. The third kappa shape index (κ3) is 6.81. The number of rotatable bonds is 12. The lowest BCUT2D eigenvalue weighted by Gasteiger charge is -2.34. The third-order valence-corrected chi connectivity index (χ3v) is 8.42. The van der Waals surface area contributed by atoms with Gasteiger partial charge in [0.15, 0.2) is 6.61 Å². The van der Waals surface area contributed by atoms with E-state index >= 15 is 0 Å². The number of nitrogens with zero attached hydrogens (tertiary/aromatic N) is 2. The van der Waals surface area contributed by atoms with Gasteiger partial charge >= 0.3 is 5.97 Å². The topological polar surface area (TPSA) is 75.4 Å². The molecule has 0 saturated carbocycles. The van der Waals surface area contributed by atoms with Crippen LogP contribution in [0.3, 0.4) is 0 Å². The van der Waals surface area contributed by atoms with Crippen LogP contribution >= 0.6 is 11.8 Å². The monoisotopic (exact) mass is 560 g/mol. The Bertz CT molecular complexity index is 1430. The van der Waals surface area contributed by atoms with Gasteiger partial charge in [0.1, 0.15) is 17.1 Å². The minimum absolute atomic E-state index is 0.365. The minimum Gasteiger partial charge on any atom is -0.495 e. The molecule has 0 radical (unpaired) electrons. The van der Waals surface area contributed by atoms with Crippen LogP contribution in [0.25, 0.3) is 22.1 Å². The van der Waals surface area contributed by atoms with E-state index in [1.807, 2.05) is 25.3 Å². The summed E-state index contributed by atoms with van der Waals surface area (Å²) in [6, 6.07) is 20.7. The molecule has 7 nitrogen and oxygen atoms in total. The lowest BCUT2D eigenvalue weighted by Crippen LogP contribution is -2.47. The normalized spacial score (nSPS) is 14.4. The zero-order valence-electron chi connectivity index (χ0n) is 23.1. The molecule has 2 heterocycles. The van der Waals surface area contributed by atoms with Crippen LogP contribution in [0.2, 0.25) is 0 Å². The van der Waals surface area contributed by atoms with Gasteiger partial charge in [0, 0.05) is 66.9 Å². The second-order valence-electron chi connectivity index (χ2n) is 10.0. The number of hydrogen-bond donors (Lipinski definition) is 1. The van der Waals surface area contributed by atoms with E-state index in [0.717, 1.165) is 73.0 Å². The number of methoxy groups -OCH3 is 1. The molecule has 3 aromatic carbocycles. The highest BCUT2D eigenvalue weighted by atomic mass is 32.2. The molecule has 0 atom stereocenters. The molecule has 1 N–H and O–H groups in total. The molecule has 0 amide bonds. The zero-order valence-corrected chi connectivity index (χ0v) is 23.9. The van der Waals surface area contributed by atoms with E-state index in [0.29, 0.717) is 11.5 Å². The summed E-state index contributed by atoms with van der Waals surface area (Å²) in [5.41, 5.74) is 5.51. The van der Waals surface area contributed by atoms with Crippen molar-refractivity contribution in [2.75, 3.05) is 58.7 Å². The number of para-hydroxylation sites is 1. The number of fused-ring (bicyclic) bond motifs is 1. The molecule has 1 saturated heterocycles. The Hall–Kier alpha value is -3.46. The average Bonchev–Trinajstić information content (AvgIpc) is 3.41. The van der Waals surface area contributed by atoms with Crippen molar-refractivity contribution in [2.45, 2.75) is 18.2 Å². The van der Waals surface area contributed by atoms with Gasteiger partial charge in [-0.3, -0.25) is 4.90 Å². The van der Waals surface area contributed by atoms with Crippen LogP contribution in [-0.2, 0) is 11.2 Å². The number of piperazine rings is 1. The number of thioether (sulfide) groups is 1. The Balaban J connectivity index is 1.09. The SMILES string of the molecule is COc1cc(OCC(=O)O)c(C)cc1SCCN1CCN(CCc2cccc3c(-c4ccccc4)coc23)CC1. The van der Waals surface area contributed by atoms with E-state index < -0.39 is 5.97 Å². The predicted octanol–water partition coefficient (Wildman–Crippen LogP) is 5.83. The Morgan fingerprint density at radius 2 is 1.73 bits per heavy atom. The number of carboxylic acid groups (broad SMARTS) is 1. The molecular weight excluding hydrogens is 524 g/mol. The Morgan fingerprint density at radius 3 is 2.45 bits per heavy atom. The largest absolute Gasteiger partial charge is 0.495 e. The fourth-order valence-electron chi connectivity index (χ4n) is 5.17. The molecule has 1 aliphatic rings. The van der Waals surface area contributed by atoms with Crippen LogP contribution in [0, 0.1) is 6.92 Å². The molecule has 4 aromatic rings. The molecule has 1 aliphatic heterocycles. The van der Waals surface area contributed by atoms with Gasteiger partial charge in [-0.15, -0.1) is 11.8 Å². The molecule has 0 bridgehead atoms. The van der Waals surface area contributed by atoms with Gasteiger partial charge in [-0.05, 0) is 36.1 Å². The number of aliphatic carboxylic acids is 1. The number of carboxylic acids is 1. The summed E-state index contributed by atoms with van der Waals surface area (Å²) in [5, 5.41) is 10.1. The number of benzene rings is 3. The smallest absolute Gasteiger partial charge is 0.341 e. The molecular formula is C32H36N2O5S. The summed E-state index contributed by atoms with van der Waals surface area (Å²) in [4.78, 5) is 17.0. The standard InChI is InChI=1S/C32H36N2O5S/c1-23-19-30(29(37-2)20-28(23)38-22-31(35)36)40-18-17-34-15-13-33(14-16-34)12-11-25-9-6-10-26-27(21-39-32(25)26)24-7-4-3-5-8-24/h3-10,19-21H,11-18,22H2,1-2H3,(H,35,36). The highest BCUT2D eigenvalue weighted by molar-refractivity contribution is 7.99. The van der Waals surface area contributed by atoms with E-state index in [-0.39, 0.29) is 6.61 Å². The number of furan rings is 1. The summed E-state index contributed by atoms with van der Waals surface area (Å²) in [7, 11) is 1.63. The molecule has 5 rings (SSSR count). The molecule has 1 aromatic heterocycles. The van der Waals surface area contributed by atoms with Crippen LogP contribution < -0.4 is 9.47 Å². The van der Waals surface area contributed by atoms with Gasteiger partial charge in [0.05, 0.1) is 13.4 Å². The third-order valence-electron chi connectivity index (χ3n) is 7.41. The summed E-state index contributed by atoms with van der Waals surface area (Å²) in [6.45, 7) is 7.83. The van der Waals surface area contributed by atoms with Crippen molar-refractivity contribution in [3.63, 3.8) is 0 Å². The van der Waals surface area contributed by atoms with Crippen LogP contribution in [-0.4, -0.2) is 79.6 Å². The van der Waals surface area contributed by atoms with Gasteiger partial charge in [0.2, 0.25) is 0 Å². The molecule has 8 heteroatoms. The molecule has 0 aliphatic carbocycles. The van der Waals surface area contributed by atoms with Crippen LogP contribution in [0.1, 0.15) is 11.1 Å². The van der Waals surface area contributed by atoms with E-state index in [1.165, 1.54) is 16.5 Å². The van der Waals surface area contributed by atoms with Crippen molar-refractivity contribution >= 4 is 28.7 Å². The van der Waals surface area contributed by atoms with E-state index in [4.69, 9.17) is 19.0 Å². The van der Waals surface area contributed by atoms with Crippen molar-refractivity contribution in [3.05, 3.63) is 78.1 Å². The maximum Gasteiger partial charge on any atom is 0.341 e. The molecule has 1 fully saturated rings. The number of ether oxygens (including phenoxy) is 2. The first-order valence-corrected chi connectivity index (χ1v) is 14.7. The number of hydrogen-bond acceptors (Lipinski definition) is 7. The molecule has 0 spiro atoms. The highest BCUT2D eigenvalue weighted by Gasteiger charge is 2.18. The summed E-state index contributed by atoms with van der Waals surface area (Å²) < 4.78 is 17.0. The quantitative estimate of drug-likeness (QED) is 0.217. The fraction of sp³-hybridized carbons (Fsp3) is 0.344. The van der Waals surface area contributed by atoms with Crippen LogP contribution in [0.5, 0.6) is 11.5 Å². The van der Waals surface area contributed by atoms with Crippen molar-refractivity contribution in [1.29, 1.82) is 0 Å². The van der Waals surface area contributed by atoms with E-state index in [9.17, 15) is 4.79 Å². The predicted molar refractivity (Wildman–Crippen MR) is 160 cm³/mol. The van der Waals surface area contributed by atoms with E-state index in [2.05, 4.69) is 52.3 Å². The van der Waals surface area contributed by atoms with Gasteiger partial charge in [0.25, 0.3) is 0 Å². The van der Waals surface area contributed by atoms with Gasteiger partial charge in [-0.1, -0.05) is 48.5 Å². The number of carbonyl (C=O) groups is 1. The Kier molecular flexibility index (Phi) is 9.31. The Morgan fingerprint density at radius 1 is 0.975 bits per heavy atom. The van der Waals surface area contributed by atoms with Crippen molar-refractivity contribution in [1.82, 2.24) is 9.80 Å². The summed E-state index contributed by atoms with van der Waals surface area (Å²) in [5.74, 6) is 1.21. The first-order valence-electron chi connectivity index (χ1n) is 13.7. The molecule has 0 unspecified atom stereocenters. The highest BCUT2D eigenvalue weighted by Crippen LogP contribution is 2.36.